The summed E-state index contributed by atoms with van der Waals surface area (Å²) in [6, 6.07) is 12.7. The Morgan fingerprint density at radius 3 is 3.00 bits per heavy atom. The van der Waals surface area contributed by atoms with Crippen LogP contribution in [-0.2, 0) is 6.54 Å². The number of methoxy groups -OCH3 is 1. The summed E-state index contributed by atoms with van der Waals surface area (Å²) in [6.07, 6.45) is 0.884. The lowest BCUT2D eigenvalue weighted by Crippen LogP contribution is -2.26. The summed E-state index contributed by atoms with van der Waals surface area (Å²) in [6.45, 7) is 1.30. The van der Waals surface area contributed by atoms with E-state index in [9.17, 15) is 4.39 Å². The van der Waals surface area contributed by atoms with Crippen molar-refractivity contribution >= 4 is 0 Å². The van der Waals surface area contributed by atoms with E-state index in [0.29, 0.717) is 13.2 Å². The maximum absolute atomic E-state index is 13.2. The fourth-order valence-electron chi connectivity index (χ4n) is 2.60. The molecule has 4 heteroatoms. The Labute approximate surface area is 123 Å². The third-order valence-corrected chi connectivity index (χ3v) is 3.70. The maximum atomic E-state index is 13.2. The molecular weight excluding hydrogens is 269 g/mol. The van der Waals surface area contributed by atoms with E-state index in [1.807, 2.05) is 24.3 Å². The van der Waals surface area contributed by atoms with Crippen molar-refractivity contribution in [2.24, 2.45) is 0 Å². The van der Waals surface area contributed by atoms with E-state index >= 15 is 0 Å². The molecule has 21 heavy (non-hydrogen) atoms. The fraction of sp³-hybridized carbons (Fsp3) is 0.294. The van der Waals surface area contributed by atoms with Crippen molar-refractivity contribution in [2.45, 2.75) is 19.0 Å². The topological polar surface area (TPSA) is 30.5 Å². The van der Waals surface area contributed by atoms with Crippen LogP contribution in [0, 0.1) is 5.82 Å². The molecule has 1 N–H and O–H groups in total. The second kappa shape index (κ2) is 6.14. The van der Waals surface area contributed by atoms with Crippen LogP contribution in [0.2, 0.25) is 0 Å². The van der Waals surface area contributed by atoms with Crippen LogP contribution >= 0.6 is 0 Å². The van der Waals surface area contributed by atoms with Gasteiger partial charge in [-0.2, -0.15) is 0 Å². The molecule has 0 saturated carbocycles. The molecule has 1 unspecified atom stereocenters. The standard InChI is InChI=1S/C17H18FNO2/c1-20-14-5-6-17-15(10-14)16(7-8-21-17)19-11-12-3-2-4-13(18)9-12/h2-6,9-10,16,19H,7-8,11H2,1H3. The molecule has 2 aromatic carbocycles. The van der Waals surface area contributed by atoms with Gasteiger partial charge in [-0.05, 0) is 35.9 Å². The highest BCUT2D eigenvalue weighted by Gasteiger charge is 2.21. The summed E-state index contributed by atoms with van der Waals surface area (Å²) in [5, 5.41) is 3.47. The molecule has 1 aliphatic rings. The molecule has 1 aliphatic heterocycles. The van der Waals surface area contributed by atoms with Crippen molar-refractivity contribution < 1.29 is 13.9 Å². The molecule has 0 fully saturated rings. The predicted molar refractivity (Wildman–Crippen MR) is 79.1 cm³/mol. The smallest absolute Gasteiger partial charge is 0.124 e. The van der Waals surface area contributed by atoms with Gasteiger partial charge in [-0.1, -0.05) is 12.1 Å². The van der Waals surface area contributed by atoms with Crippen molar-refractivity contribution in [3.8, 4) is 11.5 Å². The van der Waals surface area contributed by atoms with E-state index < -0.39 is 0 Å². The summed E-state index contributed by atoms with van der Waals surface area (Å²) in [4.78, 5) is 0. The number of ether oxygens (including phenoxy) is 2. The monoisotopic (exact) mass is 287 g/mol. The lowest BCUT2D eigenvalue weighted by Gasteiger charge is -2.27. The van der Waals surface area contributed by atoms with Gasteiger partial charge in [0.25, 0.3) is 0 Å². The molecule has 3 nitrogen and oxygen atoms in total. The van der Waals surface area contributed by atoms with Gasteiger partial charge in [0.05, 0.1) is 13.7 Å². The van der Waals surface area contributed by atoms with Gasteiger partial charge in [0.2, 0.25) is 0 Å². The van der Waals surface area contributed by atoms with Crippen LogP contribution in [0.4, 0.5) is 4.39 Å². The van der Waals surface area contributed by atoms with Crippen molar-refractivity contribution in [1.29, 1.82) is 0 Å². The number of halogens is 1. The lowest BCUT2D eigenvalue weighted by atomic mass is 10.00. The van der Waals surface area contributed by atoms with Gasteiger partial charge in [0.1, 0.15) is 17.3 Å². The molecule has 0 saturated heterocycles. The number of fused-ring (bicyclic) bond motifs is 1. The highest BCUT2D eigenvalue weighted by molar-refractivity contribution is 5.43. The van der Waals surface area contributed by atoms with Crippen molar-refractivity contribution in [2.75, 3.05) is 13.7 Å². The zero-order chi connectivity index (χ0) is 14.7. The number of hydrogen-bond donors (Lipinski definition) is 1. The zero-order valence-corrected chi connectivity index (χ0v) is 11.9. The largest absolute Gasteiger partial charge is 0.497 e. The van der Waals surface area contributed by atoms with Crippen LogP contribution in [-0.4, -0.2) is 13.7 Å². The van der Waals surface area contributed by atoms with E-state index in [1.165, 1.54) is 6.07 Å². The highest BCUT2D eigenvalue weighted by atomic mass is 19.1. The van der Waals surface area contributed by atoms with E-state index in [1.54, 1.807) is 19.2 Å². The summed E-state index contributed by atoms with van der Waals surface area (Å²) in [5.41, 5.74) is 2.03. The molecule has 3 rings (SSSR count). The molecule has 0 radical (unpaired) electrons. The Kier molecular flexibility index (Phi) is 4.06. The van der Waals surface area contributed by atoms with E-state index in [-0.39, 0.29) is 11.9 Å². The van der Waals surface area contributed by atoms with Crippen LogP contribution in [0.3, 0.4) is 0 Å². The van der Waals surface area contributed by atoms with Crippen molar-refractivity contribution in [3.05, 3.63) is 59.4 Å². The molecule has 0 aromatic heterocycles. The van der Waals surface area contributed by atoms with Gasteiger partial charge in [0, 0.05) is 24.6 Å². The molecule has 1 heterocycles. The normalized spacial score (nSPS) is 17.0. The van der Waals surface area contributed by atoms with Gasteiger partial charge in [-0.15, -0.1) is 0 Å². The quantitative estimate of drug-likeness (QED) is 0.934. The van der Waals surface area contributed by atoms with Crippen LogP contribution in [0.15, 0.2) is 42.5 Å². The SMILES string of the molecule is COc1ccc2c(c1)C(NCc1cccc(F)c1)CCO2. The first-order valence-corrected chi connectivity index (χ1v) is 7.05. The lowest BCUT2D eigenvalue weighted by molar-refractivity contribution is 0.251. The Hall–Kier alpha value is -2.07. The van der Waals surface area contributed by atoms with Gasteiger partial charge in [0.15, 0.2) is 0 Å². The van der Waals surface area contributed by atoms with Crippen molar-refractivity contribution in [1.82, 2.24) is 5.32 Å². The molecule has 110 valence electrons. The molecule has 0 spiro atoms. The number of rotatable bonds is 4. The Bertz CT molecular complexity index is 630. The predicted octanol–water partition coefficient (Wildman–Crippen LogP) is 3.45. The Morgan fingerprint density at radius 2 is 2.19 bits per heavy atom. The average molecular weight is 287 g/mol. The van der Waals surface area contributed by atoms with Crippen LogP contribution in [0.25, 0.3) is 0 Å². The minimum absolute atomic E-state index is 0.187. The first-order valence-electron chi connectivity index (χ1n) is 7.05. The van der Waals surface area contributed by atoms with Crippen molar-refractivity contribution in [3.63, 3.8) is 0 Å². The third-order valence-electron chi connectivity index (χ3n) is 3.70. The van der Waals surface area contributed by atoms with Gasteiger partial charge >= 0.3 is 0 Å². The fourth-order valence-corrected chi connectivity index (χ4v) is 2.60. The molecular formula is C17H18FNO2. The Morgan fingerprint density at radius 1 is 1.29 bits per heavy atom. The second-order valence-corrected chi connectivity index (χ2v) is 5.10. The number of hydrogen-bond acceptors (Lipinski definition) is 3. The van der Waals surface area contributed by atoms with Crippen LogP contribution in [0.1, 0.15) is 23.6 Å². The molecule has 0 amide bonds. The summed E-state index contributed by atoms with van der Waals surface area (Å²) in [5.74, 6) is 1.50. The van der Waals surface area contributed by atoms with Crippen LogP contribution < -0.4 is 14.8 Å². The van der Waals surface area contributed by atoms with Gasteiger partial charge in [-0.25, -0.2) is 4.39 Å². The van der Waals surface area contributed by atoms with Gasteiger partial charge < -0.3 is 14.8 Å². The first-order chi connectivity index (χ1) is 10.3. The third kappa shape index (κ3) is 3.16. The first kappa shape index (κ1) is 13.9. The minimum Gasteiger partial charge on any atom is -0.497 e. The Balaban J connectivity index is 1.75. The number of nitrogens with one attached hydrogen (secondary N) is 1. The molecule has 1 atom stereocenters. The van der Waals surface area contributed by atoms with E-state index in [0.717, 1.165) is 29.0 Å². The van der Waals surface area contributed by atoms with Gasteiger partial charge in [-0.3, -0.25) is 0 Å². The summed E-state index contributed by atoms with van der Waals surface area (Å²) >= 11 is 0. The molecule has 0 bridgehead atoms. The molecule has 0 aliphatic carbocycles. The second-order valence-electron chi connectivity index (χ2n) is 5.10. The highest BCUT2D eigenvalue weighted by Crippen LogP contribution is 2.34. The van der Waals surface area contributed by atoms with E-state index in [2.05, 4.69) is 5.32 Å². The minimum atomic E-state index is -0.205. The summed E-state index contributed by atoms with van der Waals surface area (Å²) in [7, 11) is 1.65. The average Bonchev–Trinajstić information content (AvgIpc) is 2.52. The molecule has 2 aromatic rings. The number of benzene rings is 2. The maximum Gasteiger partial charge on any atom is 0.124 e. The van der Waals surface area contributed by atoms with E-state index in [4.69, 9.17) is 9.47 Å². The summed E-state index contributed by atoms with van der Waals surface area (Å²) < 4.78 is 24.1. The van der Waals surface area contributed by atoms with Crippen LogP contribution in [0.5, 0.6) is 11.5 Å². The zero-order valence-electron chi connectivity index (χ0n) is 11.9.